The third kappa shape index (κ3) is 3.62. The summed E-state index contributed by atoms with van der Waals surface area (Å²) in [5.41, 5.74) is 3.21. The molecule has 0 radical (unpaired) electrons. The van der Waals surface area contributed by atoms with Crippen molar-refractivity contribution in [2.24, 2.45) is 0 Å². The highest BCUT2D eigenvalue weighted by atomic mass is 79.9. The Bertz CT molecular complexity index is 585. The summed E-state index contributed by atoms with van der Waals surface area (Å²) in [5, 5.41) is 17.9. The van der Waals surface area contributed by atoms with Gasteiger partial charge in [0.25, 0.3) is 5.56 Å². The van der Waals surface area contributed by atoms with Crippen LogP contribution in [0.3, 0.4) is 0 Å². The Morgan fingerprint density at radius 1 is 1.53 bits per heavy atom. The Morgan fingerprint density at radius 2 is 2.37 bits per heavy atom. The van der Waals surface area contributed by atoms with Crippen molar-refractivity contribution in [2.45, 2.75) is 13.0 Å². The lowest BCUT2D eigenvalue weighted by Gasteiger charge is -2.09. The van der Waals surface area contributed by atoms with Crippen molar-refractivity contribution in [3.63, 3.8) is 0 Å². The SMILES string of the molecule is O=c1c(Br)c(NCCc2cscn2)cnn1CCO. The zero-order valence-corrected chi connectivity index (χ0v) is 12.4. The lowest BCUT2D eigenvalue weighted by Crippen LogP contribution is -2.26. The molecule has 0 bridgehead atoms. The molecule has 0 saturated heterocycles. The summed E-state index contributed by atoms with van der Waals surface area (Å²) in [6, 6.07) is 0. The minimum Gasteiger partial charge on any atom is -0.394 e. The summed E-state index contributed by atoms with van der Waals surface area (Å²) in [6.07, 6.45) is 2.36. The van der Waals surface area contributed by atoms with Crippen LogP contribution < -0.4 is 10.9 Å². The quantitative estimate of drug-likeness (QED) is 0.820. The lowest BCUT2D eigenvalue weighted by atomic mass is 10.3. The van der Waals surface area contributed by atoms with Gasteiger partial charge < -0.3 is 10.4 Å². The van der Waals surface area contributed by atoms with Crippen LogP contribution in [0.2, 0.25) is 0 Å². The van der Waals surface area contributed by atoms with E-state index in [-0.39, 0.29) is 18.7 Å². The van der Waals surface area contributed by atoms with E-state index in [1.807, 2.05) is 5.38 Å². The number of aromatic nitrogens is 3. The van der Waals surface area contributed by atoms with Gasteiger partial charge in [0, 0.05) is 18.3 Å². The molecule has 19 heavy (non-hydrogen) atoms. The first-order valence-electron chi connectivity index (χ1n) is 5.70. The van der Waals surface area contributed by atoms with Gasteiger partial charge in [-0.3, -0.25) is 4.79 Å². The highest BCUT2D eigenvalue weighted by Gasteiger charge is 2.08. The fraction of sp³-hybridized carbons (Fsp3) is 0.364. The summed E-state index contributed by atoms with van der Waals surface area (Å²) in [6.45, 7) is 0.750. The normalized spacial score (nSPS) is 10.6. The van der Waals surface area contributed by atoms with Gasteiger partial charge in [0.05, 0.1) is 36.2 Å². The largest absolute Gasteiger partial charge is 0.394 e. The maximum absolute atomic E-state index is 11.9. The van der Waals surface area contributed by atoms with Crippen LogP contribution in [0.4, 0.5) is 5.69 Å². The van der Waals surface area contributed by atoms with Crippen LogP contribution in [0.5, 0.6) is 0 Å². The molecular formula is C11H13BrN4O2S. The number of aliphatic hydroxyl groups is 1. The first-order chi connectivity index (χ1) is 9.22. The minimum atomic E-state index is -0.257. The van der Waals surface area contributed by atoms with Crippen LogP contribution in [0.1, 0.15) is 5.69 Å². The summed E-state index contributed by atoms with van der Waals surface area (Å²) in [7, 11) is 0. The van der Waals surface area contributed by atoms with Crippen molar-refractivity contribution < 1.29 is 5.11 Å². The molecule has 2 aromatic heterocycles. The molecule has 2 heterocycles. The highest BCUT2D eigenvalue weighted by molar-refractivity contribution is 9.10. The van der Waals surface area contributed by atoms with E-state index < -0.39 is 0 Å². The van der Waals surface area contributed by atoms with Crippen LogP contribution in [0.25, 0.3) is 0 Å². The van der Waals surface area contributed by atoms with E-state index in [1.165, 1.54) is 4.68 Å². The predicted molar refractivity (Wildman–Crippen MR) is 77.6 cm³/mol. The Morgan fingerprint density at radius 3 is 3.05 bits per heavy atom. The van der Waals surface area contributed by atoms with Crippen LogP contribution in [-0.2, 0) is 13.0 Å². The smallest absolute Gasteiger partial charge is 0.283 e. The molecular weight excluding hydrogens is 332 g/mol. The molecule has 0 fully saturated rings. The van der Waals surface area contributed by atoms with Gasteiger partial charge >= 0.3 is 0 Å². The Balaban J connectivity index is 2.01. The highest BCUT2D eigenvalue weighted by Crippen LogP contribution is 2.16. The average molecular weight is 345 g/mol. The van der Waals surface area contributed by atoms with Crippen LogP contribution in [0.15, 0.2) is 26.4 Å². The van der Waals surface area contributed by atoms with E-state index in [0.717, 1.165) is 12.1 Å². The second-order valence-corrected chi connectivity index (χ2v) is 5.29. The van der Waals surface area contributed by atoms with Crippen molar-refractivity contribution in [1.29, 1.82) is 0 Å². The number of aliphatic hydroxyl groups excluding tert-OH is 1. The van der Waals surface area contributed by atoms with Gasteiger partial charge in [-0.15, -0.1) is 11.3 Å². The number of nitrogens with zero attached hydrogens (tertiary/aromatic N) is 3. The van der Waals surface area contributed by atoms with E-state index in [9.17, 15) is 4.79 Å². The van der Waals surface area contributed by atoms with E-state index in [4.69, 9.17) is 5.11 Å². The van der Waals surface area contributed by atoms with Gasteiger partial charge in [0.1, 0.15) is 4.47 Å². The molecule has 0 amide bonds. The molecule has 0 unspecified atom stereocenters. The first-order valence-corrected chi connectivity index (χ1v) is 7.43. The first kappa shape index (κ1) is 14.2. The van der Waals surface area contributed by atoms with Crippen molar-refractivity contribution in [3.05, 3.63) is 37.6 Å². The number of hydrogen-bond donors (Lipinski definition) is 2. The topological polar surface area (TPSA) is 80.0 Å². The number of nitrogens with one attached hydrogen (secondary N) is 1. The van der Waals surface area contributed by atoms with Gasteiger partial charge in [0.2, 0.25) is 0 Å². The Hall–Kier alpha value is -1.25. The second kappa shape index (κ2) is 6.78. The van der Waals surface area contributed by atoms with Gasteiger partial charge in [-0.25, -0.2) is 9.67 Å². The van der Waals surface area contributed by atoms with E-state index in [1.54, 1.807) is 23.0 Å². The summed E-state index contributed by atoms with van der Waals surface area (Å²) < 4.78 is 1.64. The predicted octanol–water partition coefficient (Wildman–Crippen LogP) is 1.11. The molecule has 6 nitrogen and oxygen atoms in total. The summed E-state index contributed by atoms with van der Waals surface area (Å²) in [4.78, 5) is 16.0. The molecule has 0 aliphatic heterocycles. The van der Waals surface area contributed by atoms with Crippen LogP contribution >= 0.6 is 27.3 Å². The number of hydrogen-bond acceptors (Lipinski definition) is 6. The molecule has 0 aliphatic rings. The van der Waals surface area contributed by atoms with Crippen molar-refractivity contribution in [3.8, 4) is 0 Å². The molecule has 0 aliphatic carbocycles. The summed E-state index contributed by atoms with van der Waals surface area (Å²) in [5.74, 6) is 0. The Kier molecular flexibility index (Phi) is 5.06. The van der Waals surface area contributed by atoms with E-state index >= 15 is 0 Å². The van der Waals surface area contributed by atoms with Crippen LogP contribution in [-0.4, -0.2) is 33.0 Å². The Labute approximate surface area is 122 Å². The molecule has 2 rings (SSSR count). The molecule has 2 aromatic rings. The number of thiazole rings is 1. The van der Waals surface area contributed by atoms with E-state index in [2.05, 4.69) is 31.3 Å². The summed E-state index contributed by atoms with van der Waals surface area (Å²) >= 11 is 4.81. The standard InChI is InChI=1S/C11H13BrN4O2S/c12-10-9(5-15-16(3-4-17)11(10)18)13-2-1-8-6-19-7-14-8/h5-7,13,17H,1-4H2. The van der Waals surface area contributed by atoms with Crippen molar-refractivity contribution in [2.75, 3.05) is 18.5 Å². The molecule has 0 saturated carbocycles. The van der Waals surface area contributed by atoms with Gasteiger partial charge in [-0.05, 0) is 15.9 Å². The number of halogens is 1. The number of anilines is 1. The van der Waals surface area contributed by atoms with Gasteiger partial charge in [-0.1, -0.05) is 0 Å². The molecule has 8 heteroatoms. The molecule has 102 valence electrons. The van der Waals surface area contributed by atoms with Crippen molar-refractivity contribution >= 4 is 33.0 Å². The fourth-order valence-corrected chi connectivity index (χ4v) is 2.57. The fourth-order valence-electron chi connectivity index (χ4n) is 1.53. The molecule has 0 atom stereocenters. The van der Waals surface area contributed by atoms with Gasteiger partial charge in [0.15, 0.2) is 0 Å². The zero-order chi connectivity index (χ0) is 13.7. The number of rotatable bonds is 6. The third-order valence-electron chi connectivity index (χ3n) is 2.48. The van der Waals surface area contributed by atoms with Crippen LogP contribution in [0, 0.1) is 0 Å². The molecule has 2 N–H and O–H groups in total. The average Bonchev–Trinajstić information content (AvgIpc) is 2.91. The third-order valence-corrected chi connectivity index (χ3v) is 3.88. The minimum absolute atomic E-state index is 0.115. The lowest BCUT2D eigenvalue weighted by molar-refractivity contribution is 0.266. The molecule has 0 aromatic carbocycles. The second-order valence-electron chi connectivity index (χ2n) is 3.78. The van der Waals surface area contributed by atoms with Gasteiger partial charge in [-0.2, -0.15) is 5.10 Å². The van der Waals surface area contributed by atoms with Crippen molar-refractivity contribution in [1.82, 2.24) is 14.8 Å². The van der Waals surface area contributed by atoms with E-state index in [0.29, 0.717) is 16.7 Å². The monoisotopic (exact) mass is 344 g/mol. The maximum Gasteiger partial charge on any atom is 0.283 e. The zero-order valence-electron chi connectivity index (χ0n) is 10.0. The maximum atomic E-state index is 11.9. The molecule has 0 spiro atoms.